The van der Waals surface area contributed by atoms with E-state index in [2.05, 4.69) is 26.2 Å². The molecule has 0 radical (unpaired) electrons. The van der Waals surface area contributed by atoms with Gasteiger partial charge in [0.2, 0.25) is 5.88 Å². The molecule has 0 spiro atoms. The Hall–Kier alpha value is -2.16. The first-order valence-electron chi connectivity index (χ1n) is 8.12. The second-order valence-electron chi connectivity index (χ2n) is 5.39. The van der Waals surface area contributed by atoms with Crippen molar-refractivity contribution in [3.8, 4) is 5.88 Å². The van der Waals surface area contributed by atoms with Crippen molar-refractivity contribution in [3.63, 3.8) is 0 Å². The molecule has 0 saturated carbocycles. The molecule has 0 atom stereocenters. The highest BCUT2D eigenvalue weighted by Gasteiger charge is 2.15. The molecule has 1 heterocycles. The molecule has 2 amide bonds. The summed E-state index contributed by atoms with van der Waals surface area (Å²) in [6, 6.07) is 10.7. The van der Waals surface area contributed by atoms with Crippen molar-refractivity contribution in [2.24, 2.45) is 0 Å². The molecule has 2 rings (SSSR count). The van der Waals surface area contributed by atoms with Gasteiger partial charge in [-0.1, -0.05) is 34.1 Å². The number of carbonyl (C=O) groups is 1. The summed E-state index contributed by atoms with van der Waals surface area (Å²) in [7, 11) is 1.60. The second kappa shape index (κ2) is 10.7. The lowest BCUT2D eigenvalue weighted by molar-refractivity contribution is 0.144. The van der Waals surface area contributed by atoms with Gasteiger partial charge in [-0.05, 0) is 17.7 Å². The average molecular weight is 424 g/mol. The Morgan fingerprint density at radius 1 is 1.27 bits per heavy atom. The molecule has 0 aliphatic heterocycles. The van der Waals surface area contributed by atoms with E-state index >= 15 is 0 Å². The van der Waals surface area contributed by atoms with Gasteiger partial charge in [-0.15, -0.1) is 0 Å². The summed E-state index contributed by atoms with van der Waals surface area (Å²) < 4.78 is 11.2. The number of hydrogen-bond acceptors (Lipinski definition) is 5. The fraction of sp³-hybridized carbons (Fsp3) is 0.333. The lowest BCUT2D eigenvalue weighted by Gasteiger charge is -2.23. The van der Waals surface area contributed by atoms with E-state index in [-0.39, 0.29) is 19.2 Å². The van der Waals surface area contributed by atoms with Crippen LogP contribution in [0.1, 0.15) is 5.56 Å². The first-order chi connectivity index (χ1) is 12.6. The van der Waals surface area contributed by atoms with Crippen LogP contribution in [0.3, 0.4) is 0 Å². The minimum Gasteiger partial charge on any atom is -0.475 e. The maximum Gasteiger partial charge on any atom is 0.322 e. The number of methoxy groups -OCH3 is 1. The molecule has 0 aliphatic carbocycles. The van der Waals surface area contributed by atoms with Crippen LogP contribution in [0.15, 0.2) is 47.1 Å². The predicted molar refractivity (Wildman–Crippen MR) is 102 cm³/mol. The number of carbonyl (C=O) groups excluding carboxylic acids is 1. The first-order valence-corrected chi connectivity index (χ1v) is 8.91. The Morgan fingerprint density at radius 2 is 2.08 bits per heavy atom. The van der Waals surface area contributed by atoms with E-state index in [1.165, 1.54) is 11.1 Å². The van der Waals surface area contributed by atoms with Gasteiger partial charge >= 0.3 is 6.03 Å². The molecule has 26 heavy (non-hydrogen) atoms. The number of anilines is 1. The zero-order valence-electron chi connectivity index (χ0n) is 14.5. The number of nitrogens with one attached hydrogen (secondary N) is 1. The van der Waals surface area contributed by atoms with Crippen molar-refractivity contribution in [2.75, 3.05) is 38.8 Å². The Labute approximate surface area is 161 Å². The third-order valence-electron chi connectivity index (χ3n) is 3.50. The summed E-state index contributed by atoms with van der Waals surface area (Å²) in [5.74, 6) is 0.459. The lowest BCUT2D eigenvalue weighted by atomic mass is 10.2. The van der Waals surface area contributed by atoms with Crippen molar-refractivity contribution < 1.29 is 19.4 Å². The molecule has 7 nitrogen and oxygen atoms in total. The van der Waals surface area contributed by atoms with Gasteiger partial charge in [0.1, 0.15) is 6.61 Å². The Morgan fingerprint density at radius 3 is 2.73 bits per heavy atom. The van der Waals surface area contributed by atoms with Gasteiger partial charge in [0.15, 0.2) is 0 Å². The molecule has 140 valence electrons. The van der Waals surface area contributed by atoms with Crippen LogP contribution in [0.4, 0.5) is 10.5 Å². The molecule has 1 aromatic heterocycles. The molecule has 1 aromatic carbocycles. The van der Waals surface area contributed by atoms with Crippen molar-refractivity contribution in [1.82, 2.24) is 9.88 Å². The van der Waals surface area contributed by atoms with Gasteiger partial charge in [0.05, 0.1) is 25.1 Å². The van der Waals surface area contributed by atoms with Crippen LogP contribution in [0.5, 0.6) is 5.88 Å². The molecule has 0 unspecified atom stereocenters. The quantitative estimate of drug-likeness (QED) is 0.605. The van der Waals surface area contributed by atoms with Crippen molar-refractivity contribution in [2.45, 2.75) is 6.54 Å². The number of urea groups is 1. The van der Waals surface area contributed by atoms with Gasteiger partial charge < -0.3 is 24.8 Å². The van der Waals surface area contributed by atoms with Crippen LogP contribution in [-0.4, -0.2) is 54.5 Å². The van der Waals surface area contributed by atoms with Crippen molar-refractivity contribution in [1.29, 1.82) is 0 Å². The number of amides is 2. The van der Waals surface area contributed by atoms with Crippen LogP contribution in [0.2, 0.25) is 0 Å². The van der Waals surface area contributed by atoms with Gasteiger partial charge in [0.25, 0.3) is 0 Å². The minimum atomic E-state index is -0.315. The van der Waals surface area contributed by atoms with E-state index in [4.69, 9.17) is 9.47 Å². The normalized spacial score (nSPS) is 10.4. The van der Waals surface area contributed by atoms with Gasteiger partial charge in [-0.2, -0.15) is 0 Å². The van der Waals surface area contributed by atoms with Crippen molar-refractivity contribution >= 4 is 27.6 Å². The fourth-order valence-electron chi connectivity index (χ4n) is 2.18. The third kappa shape index (κ3) is 6.29. The topological polar surface area (TPSA) is 83.9 Å². The van der Waals surface area contributed by atoms with Crippen molar-refractivity contribution in [3.05, 3.63) is 52.6 Å². The zero-order valence-corrected chi connectivity index (χ0v) is 16.1. The number of pyridine rings is 1. The number of nitrogens with zero attached hydrogens (tertiary/aromatic N) is 2. The summed E-state index contributed by atoms with van der Waals surface area (Å²) in [6.07, 6.45) is 1.52. The number of aliphatic hydroxyl groups is 1. The smallest absolute Gasteiger partial charge is 0.322 e. The molecular formula is C18H22BrN3O4. The van der Waals surface area contributed by atoms with E-state index in [1.807, 2.05) is 24.3 Å². The molecule has 0 saturated heterocycles. The summed E-state index contributed by atoms with van der Waals surface area (Å²) in [5.41, 5.74) is 1.50. The Balaban J connectivity index is 1.97. The van der Waals surface area contributed by atoms with Crippen LogP contribution >= 0.6 is 15.9 Å². The number of aliphatic hydroxyl groups excluding tert-OH is 1. The molecule has 0 fully saturated rings. The molecule has 0 bridgehead atoms. The molecular weight excluding hydrogens is 402 g/mol. The van der Waals surface area contributed by atoms with Gasteiger partial charge in [-0.25, -0.2) is 9.78 Å². The van der Waals surface area contributed by atoms with Gasteiger partial charge in [-0.3, -0.25) is 0 Å². The Bertz CT molecular complexity index is 697. The average Bonchev–Trinajstić information content (AvgIpc) is 2.64. The lowest BCUT2D eigenvalue weighted by Crippen LogP contribution is -2.36. The number of aromatic nitrogens is 1. The summed E-state index contributed by atoms with van der Waals surface area (Å²) in [6.45, 7) is 1.36. The highest BCUT2D eigenvalue weighted by molar-refractivity contribution is 9.10. The highest BCUT2D eigenvalue weighted by atomic mass is 79.9. The van der Waals surface area contributed by atoms with E-state index in [9.17, 15) is 9.90 Å². The second-order valence-corrected chi connectivity index (χ2v) is 6.25. The van der Waals surface area contributed by atoms with E-state index in [0.717, 1.165) is 10.0 Å². The van der Waals surface area contributed by atoms with Gasteiger partial charge in [0, 0.05) is 30.7 Å². The number of halogens is 1. The monoisotopic (exact) mass is 423 g/mol. The largest absolute Gasteiger partial charge is 0.475 e. The van der Waals surface area contributed by atoms with E-state index in [0.29, 0.717) is 31.3 Å². The minimum absolute atomic E-state index is 0.123. The van der Waals surface area contributed by atoms with Crippen LogP contribution in [0, 0.1) is 0 Å². The Kier molecular flexibility index (Phi) is 8.33. The molecule has 0 aliphatic rings. The summed E-state index contributed by atoms with van der Waals surface area (Å²) in [5, 5.41) is 12.0. The number of ether oxygens (including phenoxy) is 2. The molecule has 2 aromatic rings. The van der Waals surface area contributed by atoms with E-state index < -0.39 is 0 Å². The summed E-state index contributed by atoms with van der Waals surface area (Å²) in [4.78, 5) is 18.2. The SMILES string of the molecule is COCCOc1ccc(NC(=O)N(CCO)Cc2ccccc2Br)cn1. The first kappa shape index (κ1) is 20.2. The molecule has 2 N–H and O–H groups in total. The molecule has 8 heteroatoms. The third-order valence-corrected chi connectivity index (χ3v) is 4.27. The van der Waals surface area contributed by atoms with E-state index in [1.54, 1.807) is 19.2 Å². The zero-order chi connectivity index (χ0) is 18.8. The standard InChI is InChI=1S/C18H22BrN3O4/c1-25-10-11-26-17-7-6-15(12-20-17)21-18(24)22(8-9-23)13-14-4-2-3-5-16(14)19/h2-7,12,23H,8-11,13H2,1H3,(H,21,24). The maximum absolute atomic E-state index is 12.5. The van der Waals surface area contributed by atoms with Crippen LogP contribution in [-0.2, 0) is 11.3 Å². The number of benzene rings is 1. The fourth-order valence-corrected chi connectivity index (χ4v) is 2.59. The van der Waals surface area contributed by atoms with Crippen LogP contribution in [0.25, 0.3) is 0 Å². The van der Waals surface area contributed by atoms with Crippen LogP contribution < -0.4 is 10.1 Å². The highest BCUT2D eigenvalue weighted by Crippen LogP contribution is 2.19. The number of hydrogen-bond donors (Lipinski definition) is 2. The maximum atomic E-state index is 12.5. The number of rotatable bonds is 9. The predicted octanol–water partition coefficient (Wildman–Crippen LogP) is 2.90. The summed E-state index contributed by atoms with van der Waals surface area (Å²) >= 11 is 3.47.